The van der Waals surface area contributed by atoms with Crippen molar-refractivity contribution < 1.29 is 4.39 Å². The van der Waals surface area contributed by atoms with Crippen LogP contribution in [0.3, 0.4) is 0 Å². The van der Waals surface area contributed by atoms with Gasteiger partial charge in [0.15, 0.2) is 0 Å². The van der Waals surface area contributed by atoms with Gasteiger partial charge in [0.2, 0.25) is 0 Å². The van der Waals surface area contributed by atoms with Crippen LogP contribution in [-0.2, 0) is 0 Å². The van der Waals surface area contributed by atoms with Crippen molar-refractivity contribution in [3.8, 4) is 0 Å². The molecule has 0 saturated heterocycles. The summed E-state index contributed by atoms with van der Waals surface area (Å²) < 4.78 is 13.2. The molecule has 2 rings (SSSR count). The zero-order chi connectivity index (χ0) is 11.7. The standard InChI is InChI=1S/C13H19FN2/c1-16(2)13(10-7-12(15)8-10)9-4-3-5-11(14)6-9/h3-6,10,12-13H,7-8,15H2,1-2H3. The molecule has 2 nitrogen and oxygen atoms in total. The minimum atomic E-state index is -0.159. The summed E-state index contributed by atoms with van der Waals surface area (Å²) in [6.45, 7) is 0. The molecule has 1 atom stereocenters. The van der Waals surface area contributed by atoms with Gasteiger partial charge in [0.05, 0.1) is 0 Å². The van der Waals surface area contributed by atoms with E-state index in [1.54, 1.807) is 12.1 Å². The molecule has 1 aliphatic rings. The van der Waals surface area contributed by atoms with E-state index in [0.29, 0.717) is 12.0 Å². The van der Waals surface area contributed by atoms with Crippen molar-refractivity contribution in [1.82, 2.24) is 4.90 Å². The molecule has 0 aliphatic heterocycles. The number of halogens is 1. The van der Waals surface area contributed by atoms with Crippen molar-refractivity contribution in [3.63, 3.8) is 0 Å². The van der Waals surface area contributed by atoms with Crippen LogP contribution in [0.5, 0.6) is 0 Å². The van der Waals surface area contributed by atoms with E-state index in [1.165, 1.54) is 6.07 Å². The van der Waals surface area contributed by atoms with Gasteiger partial charge >= 0.3 is 0 Å². The zero-order valence-electron chi connectivity index (χ0n) is 9.86. The normalized spacial score (nSPS) is 26.6. The molecule has 2 N–H and O–H groups in total. The molecule has 88 valence electrons. The molecule has 1 aromatic rings. The zero-order valence-corrected chi connectivity index (χ0v) is 9.86. The predicted molar refractivity (Wildman–Crippen MR) is 63.5 cm³/mol. The number of rotatable bonds is 3. The van der Waals surface area contributed by atoms with Gasteiger partial charge in [-0.25, -0.2) is 4.39 Å². The van der Waals surface area contributed by atoms with Crippen LogP contribution in [0.1, 0.15) is 24.4 Å². The monoisotopic (exact) mass is 222 g/mol. The van der Waals surface area contributed by atoms with Crippen molar-refractivity contribution in [2.75, 3.05) is 14.1 Å². The highest BCUT2D eigenvalue weighted by atomic mass is 19.1. The summed E-state index contributed by atoms with van der Waals surface area (Å²) >= 11 is 0. The first-order chi connectivity index (χ1) is 7.58. The maximum atomic E-state index is 13.2. The van der Waals surface area contributed by atoms with Crippen LogP contribution in [0.25, 0.3) is 0 Å². The summed E-state index contributed by atoms with van der Waals surface area (Å²) in [5.41, 5.74) is 6.88. The lowest BCUT2D eigenvalue weighted by atomic mass is 9.73. The summed E-state index contributed by atoms with van der Waals surface area (Å²) in [6, 6.07) is 7.52. The molecule has 0 heterocycles. The van der Waals surface area contributed by atoms with Crippen molar-refractivity contribution in [2.24, 2.45) is 11.7 Å². The maximum absolute atomic E-state index is 13.2. The van der Waals surface area contributed by atoms with E-state index in [9.17, 15) is 4.39 Å². The number of hydrogen-bond acceptors (Lipinski definition) is 2. The SMILES string of the molecule is CN(C)C(c1cccc(F)c1)C1CC(N)C1. The van der Waals surface area contributed by atoms with Crippen LogP contribution in [0.15, 0.2) is 24.3 Å². The Morgan fingerprint density at radius 2 is 2.06 bits per heavy atom. The van der Waals surface area contributed by atoms with Crippen LogP contribution in [-0.4, -0.2) is 25.0 Å². The van der Waals surface area contributed by atoms with Gasteiger partial charge in [-0.15, -0.1) is 0 Å². The van der Waals surface area contributed by atoms with Crippen LogP contribution in [0.4, 0.5) is 4.39 Å². The summed E-state index contributed by atoms with van der Waals surface area (Å²) in [5.74, 6) is 0.403. The third-order valence-electron chi connectivity index (χ3n) is 3.40. The van der Waals surface area contributed by atoms with Crippen molar-refractivity contribution in [1.29, 1.82) is 0 Å². The Morgan fingerprint density at radius 1 is 1.38 bits per heavy atom. The minimum Gasteiger partial charge on any atom is -0.328 e. The first kappa shape index (κ1) is 11.6. The molecule has 1 fully saturated rings. The average Bonchev–Trinajstić information content (AvgIpc) is 2.15. The van der Waals surface area contributed by atoms with E-state index in [2.05, 4.69) is 4.90 Å². The van der Waals surface area contributed by atoms with Crippen molar-refractivity contribution in [3.05, 3.63) is 35.6 Å². The average molecular weight is 222 g/mol. The minimum absolute atomic E-state index is 0.159. The highest BCUT2D eigenvalue weighted by molar-refractivity contribution is 5.22. The first-order valence-corrected chi connectivity index (χ1v) is 5.75. The summed E-state index contributed by atoms with van der Waals surface area (Å²) in [4.78, 5) is 2.16. The number of benzene rings is 1. The first-order valence-electron chi connectivity index (χ1n) is 5.75. The third kappa shape index (κ3) is 2.25. The Hall–Kier alpha value is -0.930. The van der Waals surface area contributed by atoms with Crippen LogP contribution in [0.2, 0.25) is 0 Å². The van der Waals surface area contributed by atoms with Gasteiger partial charge in [0.1, 0.15) is 5.82 Å². The van der Waals surface area contributed by atoms with Gasteiger partial charge in [-0.1, -0.05) is 12.1 Å². The van der Waals surface area contributed by atoms with E-state index in [1.807, 2.05) is 20.2 Å². The second-order valence-corrected chi connectivity index (χ2v) is 4.96. The van der Waals surface area contributed by atoms with Gasteiger partial charge in [-0.05, 0) is 50.6 Å². The van der Waals surface area contributed by atoms with Crippen LogP contribution < -0.4 is 5.73 Å². The van der Waals surface area contributed by atoms with Gasteiger partial charge in [-0.2, -0.15) is 0 Å². The quantitative estimate of drug-likeness (QED) is 0.849. The Balaban J connectivity index is 2.19. The van der Waals surface area contributed by atoms with E-state index >= 15 is 0 Å². The number of nitrogens with zero attached hydrogens (tertiary/aromatic N) is 1. The highest BCUT2D eigenvalue weighted by Crippen LogP contribution is 2.39. The second-order valence-electron chi connectivity index (χ2n) is 4.96. The Labute approximate surface area is 96.2 Å². The number of hydrogen-bond donors (Lipinski definition) is 1. The topological polar surface area (TPSA) is 29.3 Å². The predicted octanol–water partition coefficient (Wildman–Crippen LogP) is 2.17. The maximum Gasteiger partial charge on any atom is 0.123 e. The Bertz CT molecular complexity index is 359. The number of nitrogens with two attached hydrogens (primary N) is 1. The summed E-state index contributed by atoms with van der Waals surface area (Å²) in [7, 11) is 4.08. The molecule has 3 heteroatoms. The fourth-order valence-electron chi connectivity index (χ4n) is 2.65. The summed E-state index contributed by atoms with van der Waals surface area (Å²) in [5, 5.41) is 0. The van der Waals surface area contributed by atoms with E-state index < -0.39 is 0 Å². The molecule has 0 amide bonds. The largest absolute Gasteiger partial charge is 0.328 e. The van der Waals surface area contributed by atoms with Crippen molar-refractivity contribution in [2.45, 2.75) is 24.9 Å². The molecule has 1 unspecified atom stereocenters. The molecule has 16 heavy (non-hydrogen) atoms. The Morgan fingerprint density at radius 3 is 2.56 bits per heavy atom. The lowest BCUT2D eigenvalue weighted by Crippen LogP contribution is -2.43. The molecule has 1 saturated carbocycles. The summed E-state index contributed by atoms with van der Waals surface area (Å²) in [6.07, 6.45) is 2.08. The molecule has 1 aromatic carbocycles. The molecule has 0 radical (unpaired) electrons. The van der Waals surface area contributed by atoms with E-state index in [-0.39, 0.29) is 11.9 Å². The fourth-order valence-corrected chi connectivity index (χ4v) is 2.65. The molecule has 1 aliphatic carbocycles. The molecule has 0 bridgehead atoms. The molecule has 0 spiro atoms. The van der Waals surface area contributed by atoms with Crippen LogP contribution in [0, 0.1) is 11.7 Å². The second kappa shape index (κ2) is 4.52. The lowest BCUT2D eigenvalue weighted by Gasteiger charge is -2.41. The van der Waals surface area contributed by atoms with Crippen LogP contribution >= 0.6 is 0 Å². The van der Waals surface area contributed by atoms with Gasteiger partial charge < -0.3 is 10.6 Å². The van der Waals surface area contributed by atoms with Gasteiger partial charge in [0.25, 0.3) is 0 Å². The van der Waals surface area contributed by atoms with Gasteiger partial charge in [-0.3, -0.25) is 0 Å². The fraction of sp³-hybridized carbons (Fsp3) is 0.538. The van der Waals surface area contributed by atoms with E-state index in [0.717, 1.165) is 18.4 Å². The highest BCUT2D eigenvalue weighted by Gasteiger charge is 2.34. The van der Waals surface area contributed by atoms with Gasteiger partial charge in [0, 0.05) is 12.1 Å². The van der Waals surface area contributed by atoms with Crippen molar-refractivity contribution >= 4 is 0 Å². The molecular formula is C13H19FN2. The molecule has 0 aromatic heterocycles. The lowest BCUT2D eigenvalue weighted by molar-refractivity contribution is 0.123. The Kier molecular flexibility index (Phi) is 3.26. The third-order valence-corrected chi connectivity index (χ3v) is 3.40. The van der Waals surface area contributed by atoms with E-state index in [4.69, 9.17) is 5.73 Å². The smallest absolute Gasteiger partial charge is 0.123 e. The molecular weight excluding hydrogens is 203 g/mol.